The molecule has 0 saturated heterocycles. The highest BCUT2D eigenvalue weighted by Crippen LogP contribution is 2.22. The van der Waals surface area contributed by atoms with E-state index in [4.69, 9.17) is 9.47 Å². The van der Waals surface area contributed by atoms with Crippen LogP contribution in [0.1, 0.15) is 18.1 Å². The molecule has 2 aromatic rings. The third-order valence-corrected chi connectivity index (χ3v) is 3.84. The summed E-state index contributed by atoms with van der Waals surface area (Å²) in [4.78, 5) is 4.19. The zero-order valence-corrected chi connectivity index (χ0v) is 18.5. The second-order valence-corrected chi connectivity index (χ2v) is 6.05. The van der Waals surface area contributed by atoms with Crippen LogP contribution < -0.4 is 20.1 Å². The maximum Gasteiger partial charge on any atom is 0.191 e. The Kier molecular flexibility index (Phi) is 9.77. The van der Waals surface area contributed by atoms with Crippen molar-refractivity contribution in [2.45, 2.75) is 26.5 Å². The molecule has 0 fully saturated rings. The monoisotopic (exact) mass is 485 g/mol. The molecule has 0 aliphatic rings. The molecule has 2 aromatic carbocycles. The summed E-state index contributed by atoms with van der Waals surface area (Å²) in [5.41, 5.74) is 1.90. The fraction of sp³-hybridized carbons (Fsp3) is 0.350. The number of hydrogen-bond donors (Lipinski definition) is 3. The molecule has 0 saturated carbocycles. The van der Waals surface area contributed by atoms with Gasteiger partial charge in [0.15, 0.2) is 5.96 Å². The van der Waals surface area contributed by atoms with Gasteiger partial charge in [-0.05, 0) is 49.7 Å². The molecule has 0 heterocycles. The van der Waals surface area contributed by atoms with E-state index < -0.39 is 0 Å². The van der Waals surface area contributed by atoms with Crippen molar-refractivity contribution in [2.24, 2.45) is 4.99 Å². The Balaban J connectivity index is 0.00000364. The highest BCUT2D eigenvalue weighted by Gasteiger charge is 2.08. The first-order valence-electron chi connectivity index (χ1n) is 8.55. The molecular weight excluding hydrogens is 457 g/mol. The highest BCUT2D eigenvalue weighted by atomic mass is 127. The highest BCUT2D eigenvalue weighted by molar-refractivity contribution is 14.0. The molecule has 0 spiro atoms. The SMILES string of the molecule is CN=C(NCc1cc(OC)ccc1O)NCC(C)Oc1cccc(C)c1.I. The lowest BCUT2D eigenvalue weighted by Crippen LogP contribution is -2.41. The number of benzene rings is 2. The fourth-order valence-electron chi connectivity index (χ4n) is 2.43. The van der Waals surface area contributed by atoms with Crippen molar-refractivity contribution < 1.29 is 14.6 Å². The number of halogens is 1. The molecular formula is C20H28IN3O3. The third-order valence-electron chi connectivity index (χ3n) is 3.84. The maximum absolute atomic E-state index is 9.94. The molecule has 6 nitrogen and oxygen atoms in total. The van der Waals surface area contributed by atoms with Crippen LogP contribution in [-0.2, 0) is 6.54 Å². The topological polar surface area (TPSA) is 75.1 Å². The van der Waals surface area contributed by atoms with Crippen molar-refractivity contribution >= 4 is 29.9 Å². The first-order valence-corrected chi connectivity index (χ1v) is 8.55. The lowest BCUT2D eigenvalue weighted by molar-refractivity contribution is 0.223. The second kappa shape index (κ2) is 11.5. The number of ether oxygens (including phenoxy) is 2. The number of rotatable bonds is 7. The van der Waals surface area contributed by atoms with Crippen molar-refractivity contribution in [1.29, 1.82) is 0 Å². The van der Waals surface area contributed by atoms with Crippen molar-refractivity contribution in [2.75, 3.05) is 20.7 Å². The van der Waals surface area contributed by atoms with Crippen molar-refractivity contribution in [3.8, 4) is 17.2 Å². The quantitative estimate of drug-likeness (QED) is 0.318. The number of phenolic OH excluding ortho intramolecular Hbond substituents is 1. The number of aryl methyl sites for hydroxylation is 1. The molecule has 7 heteroatoms. The number of nitrogens with zero attached hydrogens (tertiary/aromatic N) is 1. The van der Waals surface area contributed by atoms with Gasteiger partial charge in [-0.15, -0.1) is 24.0 Å². The van der Waals surface area contributed by atoms with Crippen molar-refractivity contribution in [1.82, 2.24) is 10.6 Å². The molecule has 27 heavy (non-hydrogen) atoms. The Labute approximate surface area is 178 Å². The number of aromatic hydroxyl groups is 1. The van der Waals surface area contributed by atoms with E-state index in [2.05, 4.69) is 15.6 Å². The normalized spacial score (nSPS) is 11.9. The fourth-order valence-corrected chi connectivity index (χ4v) is 2.43. The Bertz CT molecular complexity index is 753. The Morgan fingerprint density at radius 3 is 2.59 bits per heavy atom. The lowest BCUT2D eigenvalue weighted by Gasteiger charge is -2.18. The minimum atomic E-state index is -0.0272. The zero-order valence-electron chi connectivity index (χ0n) is 16.2. The van der Waals surface area contributed by atoms with Crippen LogP contribution >= 0.6 is 24.0 Å². The van der Waals surface area contributed by atoms with Gasteiger partial charge < -0.3 is 25.2 Å². The van der Waals surface area contributed by atoms with E-state index >= 15 is 0 Å². The number of aliphatic imine (C=N–C) groups is 1. The summed E-state index contributed by atoms with van der Waals surface area (Å²) in [5, 5.41) is 16.3. The van der Waals surface area contributed by atoms with Gasteiger partial charge in [0.05, 0.1) is 13.7 Å². The van der Waals surface area contributed by atoms with Gasteiger partial charge in [0.25, 0.3) is 0 Å². The molecule has 0 bridgehead atoms. The molecule has 1 atom stereocenters. The van der Waals surface area contributed by atoms with Crippen LogP contribution in [0.25, 0.3) is 0 Å². The smallest absolute Gasteiger partial charge is 0.191 e. The van der Waals surface area contributed by atoms with Gasteiger partial charge in [-0.3, -0.25) is 4.99 Å². The van der Waals surface area contributed by atoms with E-state index in [0.29, 0.717) is 24.8 Å². The molecule has 2 rings (SSSR count). The van der Waals surface area contributed by atoms with Crippen LogP contribution in [0, 0.1) is 6.92 Å². The first kappa shape index (κ1) is 22.9. The van der Waals surface area contributed by atoms with Crippen LogP contribution in [-0.4, -0.2) is 37.9 Å². The average Bonchev–Trinajstić information content (AvgIpc) is 2.63. The van der Waals surface area contributed by atoms with Crippen LogP contribution in [0.5, 0.6) is 17.2 Å². The van der Waals surface area contributed by atoms with Crippen molar-refractivity contribution in [3.63, 3.8) is 0 Å². The van der Waals surface area contributed by atoms with E-state index in [1.165, 1.54) is 5.56 Å². The number of guanidine groups is 1. The zero-order chi connectivity index (χ0) is 18.9. The predicted molar refractivity (Wildman–Crippen MR) is 120 cm³/mol. The largest absolute Gasteiger partial charge is 0.508 e. The Hall–Kier alpha value is -2.16. The molecule has 0 amide bonds. The van der Waals surface area contributed by atoms with Crippen LogP contribution in [0.15, 0.2) is 47.5 Å². The summed E-state index contributed by atoms with van der Waals surface area (Å²) in [7, 11) is 3.30. The third kappa shape index (κ3) is 7.54. The minimum Gasteiger partial charge on any atom is -0.508 e. The molecule has 0 radical (unpaired) electrons. The van der Waals surface area contributed by atoms with Crippen LogP contribution in [0.2, 0.25) is 0 Å². The van der Waals surface area contributed by atoms with E-state index in [9.17, 15) is 5.11 Å². The minimum absolute atomic E-state index is 0. The van der Waals surface area contributed by atoms with Crippen LogP contribution in [0.4, 0.5) is 0 Å². The lowest BCUT2D eigenvalue weighted by atomic mass is 10.2. The van der Waals surface area contributed by atoms with Crippen molar-refractivity contribution in [3.05, 3.63) is 53.6 Å². The number of hydrogen-bond acceptors (Lipinski definition) is 4. The number of methoxy groups -OCH3 is 1. The first-order chi connectivity index (χ1) is 12.5. The van der Waals surface area contributed by atoms with Gasteiger partial charge >= 0.3 is 0 Å². The summed E-state index contributed by atoms with van der Waals surface area (Å²) in [6.07, 6.45) is -0.0272. The summed E-state index contributed by atoms with van der Waals surface area (Å²) < 4.78 is 11.1. The Morgan fingerprint density at radius 1 is 1.15 bits per heavy atom. The molecule has 148 valence electrons. The van der Waals surface area contributed by atoms with Crippen LogP contribution in [0.3, 0.4) is 0 Å². The van der Waals surface area contributed by atoms with E-state index in [0.717, 1.165) is 11.3 Å². The van der Waals surface area contributed by atoms with Gasteiger partial charge in [0.2, 0.25) is 0 Å². The maximum atomic E-state index is 9.94. The standard InChI is InChI=1S/C20H27N3O3.HI/c1-14-6-5-7-18(10-14)26-15(2)12-22-20(21-3)23-13-16-11-17(25-4)8-9-19(16)24;/h5-11,15,24H,12-13H2,1-4H3,(H2,21,22,23);1H. The summed E-state index contributed by atoms with van der Waals surface area (Å²) >= 11 is 0. The molecule has 0 aliphatic carbocycles. The van der Waals surface area contributed by atoms with Gasteiger partial charge in [0.1, 0.15) is 23.4 Å². The summed E-state index contributed by atoms with van der Waals surface area (Å²) in [5.74, 6) is 2.39. The van der Waals surface area contributed by atoms with E-state index in [1.807, 2.05) is 38.1 Å². The van der Waals surface area contributed by atoms with Gasteiger partial charge in [-0.2, -0.15) is 0 Å². The van der Waals surface area contributed by atoms with Gasteiger partial charge in [-0.1, -0.05) is 12.1 Å². The predicted octanol–water partition coefficient (Wildman–Crippen LogP) is 3.46. The molecule has 1 unspecified atom stereocenters. The van der Waals surface area contributed by atoms with Gasteiger partial charge in [0, 0.05) is 19.2 Å². The summed E-state index contributed by atoms with van der Waals surface area (Å²) in [6.45, 7) is 5.06. The number of phenols is 1. The molecule has 3 N–H and O–H groups in total. The average molecular weight is 485 g/mol. The molecule has 0 aromatic heterocycles. The Morgan fingerprint density at radius 2 is 1.93 bits per heavy atom. The van der Waals surface area contributed by atoms with Gasteiger partial charge in [-0.25, -0.2) is 0 Å². The summed E-state index contributed by atoms with van der Waals surface area (Å²) in [6, 6.07) is 13.1. The molecule has 0 aliphatic heterocycles. The second-order valence-electron chi connectivity index (χ2n) is 6.05. The van der Waals surface area contributed by atoms with E-state index in [1.54, 1.807) is 32.4 Å². The van der Waals surface area contributed by atoms with E-state index in [-0.39, 0.29) is 35.8 Å². The number of nitrogens with one attached hydrogen (secondary N) is 2.